The standard InChI is InChI=1S/C34H61N5O7S/c1-31(2,3)21-16-17-39(24(21)28(42)36-22(25(40)27(35)41)18-20-14-13-15-20)29(43)26(33(7,8)9)38-30(44)37-23(32(4,5)6)19-47(45,46)34(10,11)12/h20-24,26H,13-19H2,1-12H3,(H2,35,41)(H,36,42)(H2,37,38,44)/t21?,22?,23-,24?,26-/m1/s1. The molecular weight excluding hydrogens is 622 g/mol. The summed E-state index contributed by atoms with van der Waals surface area (Å²) in [7, 11) is -3.59. The molecule has 0 spiro atoms. The number of carbonyl (C=O) groups is 5. The second kappa shape index (κ2) is 14.4. The van der Waals surface area contributed by atoms with Gasteiger partial charge in [0.05, 0.1) is 16.5 Å². The maximum Gasteiger partial charge on any atom is 0.315 e. The van der Waals surface area contributed by atoms with Gasteiger partial charge in [-0.1, -0.05) is 81.6 Å². The molecule has 0 bridgehead atoms. The number of nitrogens with zero attached hydrogens (tertiary/aromatic N) is 1. The maximum atomic E-state index is 14.4. The Morgan fingerprint density at radius 2 is 1.36 bits per heavy atom. The molecule has 0 aromatic heterocycles. The number of Topliss-reactive ketones (excluding diaryl/α,β-unsaturated/α-hetero) is 1. The lowest BCUT2D eigenvalue weighted by Gasteiger charge is -2.39. The summed E-state index contributed by atoms with van der Waals surface area (Å²) in [6, 6.07) is -4.56. The molecule has 1 aliphatic carbocycles. The zero-order valence-corrected chi connectivity index (χ0v) is 31.5. The van der Waals surface area contributed by atoms with E-state index in [1.54, 1.807) is 41.5 Å². The number of likely N-dealkylation sites (tertiary alicyclic amines) is 1. The molecule has 1 saturated heterocycles. The molecule has 13 heteroatoms. The fourth-order valence-corrected chi connectivity index (χ4v) is 7.64. The van der Waals surface area contributed by atoms with Crippen LogP contribution in [0.1, 0.15) is 115 Å². The highest BCUT2D eigenvalue weighted by Gasteiger charge is 2.50. The quantitative estimate of drug-likeness (QED) is 0.241. The van der Waals surface area contributed by atoms with Crippen LogP contribution in [0.25, 0.3) is 0 Å². The third kappa shape index (κ3) is 10.4. The topological polar surface area (TPSA) is 185 Å². The fraction of sp³-hybridized carbons (Fsp3) is 0.853. The van der Waals surface area contributed by atoms with Crippen LogP contribution in [0.4, 0.5) is 4.79 Å². The number of nitrogens with one attached hydrogen (secondary N) is 3. The predicted octanol–water partition coefficient (Wildman–Crippen LogP) is 3.32. The van der Waals surface area contributed by atoms with Crippen LogP contribution in [-0.2, 0) is 29.0 Å². The Morgan fingerprint density at radius 3 is 1.77 bits per heavy atom. The Morgan fingerprint density at radius 1 is 0.809 bits per heavy atom. The summed E-state index contributed by atoms with van der Waals surface area (Å²) in [5.41, 5.74) is 3.53. The van der Waals surface area contributed by atoms with Crippen molar-refractivity contribution < 1.29 is 32.4 Å². The highest BCUT2D eigenvalue weighted by atomic mass is 32.2. The third-order valence-corrected chi connectivity index (χ3v) is 12.4. The molecule has 1 aliphatic heterocycles. The first-order valence-corrected chi connectivity index (χ1v) is 18.5. The third-order valence-electron chi connectivity index (χ3n) is 9.79. The predicted molar refractivity (Wildman–Crippen MR) is 183 cm³/mol. The van der Waals surface area contributed by atoms with Gasteiger partial charge in [-0.25, -0.2) is 13.2 Å². The van der Waals surface area contributed by atoms with Crippen LogP contribution < -0.4 is 21.7 Å². The van der Waals surface area contributed by atoms with Gasteiger partial charge in [0.2, 0.25) is 17.6 Å². The van der Waals surface area contributed by atoms with E-state index in [0.29, 0.717) is 12.8 Å². The lowest BCUT2D eigenvalue weighted by Crippen LogP contribution is -2.62. The Balaban J connectivity index is 2.40. The number of sulfone groups is 1. The average molecular weight is 684 g/mol. The van der Waals surface area contributed by atoms with Crippen LogP contribution in [-0.4, -0.2) is 84.1 Å². The van der Waals surface area contributed by atoms with Gasteiger partial charge in [0, 0.05) is 12.6 Å². The monoisotopic (exact) mass is 683 g/mol. The zero-order valence-electron chi connectivity index (χ0n) is 30.7. The van der Waals surface area contributed by atoms with Crippen molar-refractivity contribution in [2.24, 2.45) is 33.8 Å². The van der Waals surface area contributed by atoms with E-state index in [9.17, 15) is 32.4 Å². The van der Waals surface area contributed by atoms with Gasteiger partial charge >= 0.3 is 6.03 Å². The van der Waals surface area contributed by atoms with E-state index in [1.807, 2.05) is 41.5 Å². The molecule has 1 saturated carbocycles. The van der Waals surface area contributed by atoms with E-state index in [1.165, 1.54) is 4.90 Å². The van der Waals surface area contributed by atoms with Crippen molar-refractivity contribution >= 4 is 39.4 Å². The van der Waals surface area contributed by atoms with E-state index in [0.717, 1.165) is 19.3 Å². The zero-order chi connectivity index (χ0) is 36.5. The van der Waals surface area contributed by atoms with Crippen molar-refractivity contribution in [1.29, 1.82) is 0 Å². The minimum atomic E-state index is -3.59. The van der Waals surface area contributed by atoms with Crippen LogP contribution in [0.3, 0.4) is 0 Å². The smallest absolute Gasteiger partial charge is 0.315 e. The van der Waals surface area contributed by atoms with Crippen LogP contribution >= 0.6 is 0 Å². The Labute approximate surface area is 282 Å². The van der Waals surface area contributed by atoms with Gasteiger partial charge in [-0.15, -0.1) is 0 Å². The Bertz CT molecular complexity index is 1300. The van der Waals surface area contributed by atoms with E-state index in [-0.39, 0.29) is 24.1 Å². The van der Waals surface area contributed by atoms with Gasteiger partial charge < -0.3 is 26.6 Å². The van der Waals surface area contributed by atoms with E-state index >= 15 is 0 Å². The molecule has 2 fully saturated rings. The highest BCUT2D eigenvalue weighted by Crippen LogP contribution is 2.40. The van der Waals surface area contributed by atoms with Gasteiger partial charge in [0.15, 0.2) is 9.84 Å². The highest BCUT2D eigenvalue weighted by molar-refractivity contribution is 7.92. The van der Waals surface area contributed by atoms with Gasteiger partial charge in [-0.3, -0.25) is 19.2 Å². The first kappa shape index (κ1) is 40.5. The Kier molecular flexibility index (Phi) is 12.4. The minimum absolute atomic E-state index is 0.201. The molecule has 5 amide bonds. The van der Waals surface area contributed by atoms with Crippen LogP contribution in [0.2, 0.25) is 0 Å². The number of primary amides is 1. The van der Waals surface area contributed by atoms with Crippen LogP contribution in [0, 0.1) is 28.1 Å². The van der Waals surface area contributed by atoms with Gasteiger partial charge in [-0.2, -0.15) is 0 Å². The SMILES string of the molecule is CC(C)(C)C1CCN(C(=O)[C@@H](NC(=O)N[C@H](CS(=O)(=O)C(C)(C)C)C(C)(C)C)C(C)(C)C)C1C(=O)NC(CC1CCC1)C(=O)C(N)=O. The van der Waals surface area contributed by atoms with Gasteiger partial charge in [0.25, 0.3) is 5.91 Å². The molecule has 47 heavy (non-hydrogen) atoms. The molecule has 2 aliphatic rings. The van der Waals surface area contributed by atoms with Gasteiger partial charge in [-0.05, 0) is 61.7 Å². The summed E-state index contributed by atoms with van der Waals surface area (Å²) < 4.78 is 25.1. The van der Waals surface area contributed by atoms with Crippen molar-refractivity contribution in [3.8, 4) is 0 Å². The molecule has 270 valence electrons. The van der Waals surface area contributed by atoms with Gasteiger partial charge in [0.1, 0.15) is 12.1 Å². The molecule has 1 heterocycles. The number of hydrogen-bond donors (Lipinski definition) is 4. The summed E-state index contributed by atoms with van der Waals surface area (Å²) in [4.78, 5) is 68.1. The molecule has 0 radical (unpaired) electrons. The number of rotatable bonds is 11. The van der Waals surface area contributed by atoms with E-state index < -0.39 is 84.5 Å². The number of carbonyl (C=O) groups excluding carboxylic acids is 5. The number of amides is 5. The number of hydrogen-bond acceptors (Lipinski definition) is 7. The van der Waals surface area contributed by atoms with Crippen LogP contribution in [0.5, 0.6) is 0 Å². The lowest BCUT2D eigenvalue weighted by molar-refractivity contribution is -0.145. The van der Waals surface area contributed by atoms with Crippen molar-refractivity contribution in [2.45, 2.75) is 144 Å². The molecule has 0 aromatic rings. The normalized spacial score (nSPS) is 21.7. The molecule has 12 nitrogen and oxygen atoms in total. The number of urea groups is 1. The Hall–Kier alpha value is -2.70. The summed E-state index contributed by atoms with van der Waals surface area (Å²) in [6.45, 7) is 22.0. The maximum absolute atomic E-state index is 14.4. The molecule has 5 atom stereocenters. The van der Waals surface area contributed by atoms with Crippen molar-refractivity contribution in [3.05, 3.63) is 0 Å². The lowest BCUT2D eigenvalue weighted by atomic mass is 9.75. The minimum Gasteiger partial charge on any atom is -0.363 e. The van der Waals surface area contributed by atoms with Crippen molar-refractivity contribution in [2.75, 3.05) is 12.3 Å². The second-order valence-corrected chi connectivity index (χ2v) is 20.6. The summed E-state index contributed by atoms with van der Waals surface area (Å²) >= 11 is 0. The number of ketones is 1. The molecule has 0 aromatic carbocycles. The van der Waals surface area contributed by atoms with Crippen molar-refractivity contribution in [1.82, 2.24) is 20.9 Å². The van der Waals surface area contributed by atoms with Crippen LogP contribution in [0.15, 0.2) is 0 Å². The number of nitrogens with two attached hydrogens (primary N) is 1. The first-order valence-electron chi connectivity index (χ1n) is 16.8. The summed E-state index contributed by atoms with van der Waals surface area (Å²) in [6.07, 6.45) is 3.64. The van der Waals surface area contributed by atoms with E-state index in [4.69, 9.17) is 5.73 Å². The summed E-state index contributed by atoms with van der Waals surface area (Å²) in [5.74, 6) is -3.34. The molecular formula is C34H61N5O7S. The van der Waals surface area contributed by atoms with Crippen molar-refractivity contribution in [3.63, 3.8) is 0 Å². The largest absolute Gasteiger partial charge is 0.363 e. The molecule has 3 unspecified atom stereocenters. The molecule has 5 N–H and O–H groups in total. The second-order valence-electron chi connectivity index (χ2n) is 17.8. The first-order chi connectivity index (χ1) is 21.1. The summed E-state index contributed by atoms with van der Waals surface area (Å²) in [5, 5.41) is 8.41. The average Bonchev–Trinajstić information content (AvgIpc) is 3.31. The van der Waals surface area contributed by atoms with E-state index in [2.05, 4.69) is 16.0 Å². The molecule has 2 rings (SSSR count). The fourth-order valence-electron chi connectivity index (χ4n) is 6.12.